The predicted molar refractivity (Wildman–Crippen MR) is 118 cm³/mol. The van der Waals surface area contributed by atoms with Gasteiger partial charge in [0.05, 0.1) is 5.52 Å². The molecule has 0 bridgehead atoms. The monoisotopic (exact) mass is 396 g/mol. The lowest BCUT2D eigenvalue weighted by molar-refractivity contribution is 0.474. The molecule has 1 aromatic heterocycles. The summed E-state index contributed by atoms with van der Waals surface area (Å²) in [5.41, 5.74) is 2.74. The molecule has 3 aromatic rings. The van der Waals surface area contributed by atoms with Gasteiger partial charge in [0.15, 0.2) is 0 Å². The Labute approximate surface area is 170 Å². The second-order valence-electron chi connectivity index (χ2n) is 6.50. The Morgan fingerprint density at radius 1 is 1.04 bits per heavy atom. The van der Waals surface area contributed by atoms with Gasteiger partial charge in [-0.1, -0.05) is 23.7 Å². The quantitative estimate of drug-likeness (QED) is 0.348. The highest BCUT2D eigenvalue weighted by atomic mass is 35.5. The number of hydrogen-bond donors (Lipinski definition) is 3. The molecule has 0 amide bonds. The summed E-state index contributed by atoms with van der Waals surface area (Å²) in [4.78, 5) is 8.72. The van der Waals surface area contributed by atoms with Gasteiger partial charge in [-0.05, 0) is 62.3 Å². The van der Waals surface area contributed by atoms with Crippen LogP contribution in [0.5, 0.6) is 5.75 Å². The first kappa shape index (κ1) is 20.1. The van der Waals surface area contributed by atoms with Crippen LogP contribution in [0.1, 0.15) is 18.4 Å². The third kappa shape index (κ3) is 5.94. The van der Waals surface area contributed by atoms with Crippen LogP contribution < -0.4 is 10.6 Å². The molecule has 1 heterocycles. The topological polar surface area (TPSA) is 69.5 Å². The lowest BCUT2D eigenvalue weighted by Gasteiger charge is -2.10. The third-order valence-electron chi connectivity index (χ3n) is 4.36. The van der Waals surface area contributed by atoms with Crippen molar-refractivity contribution in [3.05, 3.63) is 65.3 Å². The second-order valence-corrected chi connectivity index (χ2v) is 6.93. The largest absolute Gasteiger partial charge is 0.507 e. The molecule has 3 N–H and O–H groups in total. The number of aromatic hydroxyl groups is 1. The highest BCUT2D eigenvalue weighted by Gasteiger charge is 2.02. The maximum atomic E-state index is 9.67. The summed E-state index contributed by atoms with van der Waals surface area (Å²) in [5, 5.41) is 18.4. The van der Waals surface area contributed by atoms with Crippen LogP contribution in [0.3, 0.4) is 0 Å². The molecule has 0 aliphatic carbocycles. The lowest BCUT2D eigenvalue weighted by atomic mass is 10.2. The molecule has 0 radical (unpaired) electrons. The Bertz CT molecular complexity index is 929. The summed E-state index contributed by atoms with van der Waals surface area (Å²) in [7, 11) is 0. The standard InChI is InChI=1S/C22H25ClN4O/c23-18-7-8-19-20(9-14-27-21(19)15-18)26-13-4-11-24-10-3-12-25-16-17-5-1-2-6-22(17)28/h1-2,5-9,14-16,24,28H,3-4,10-13H2,(H,26,27). The molecule has 5 nitrogen and oxygen atoms in total. The number of aromatic nitrogens is 1. The minimum atomic E-state index is 0.266. The Hall–Kier alpha value is -2.63. The number of hydrogen-bond acceptors (Lipinski definition) is 5. The Balaban J connectivity index is 1.29. The van der Waals surface area contributed by atoms with E-state index in [1.807, 2.05) is 36.4 Å². The minimum absolute atomic E-state index is 0.266. The number of para-hydroxylation sites is 1. The zero-order chi connectivity index (χ0) is 19.6. The van der Waals surface area contributed by atoms with Gasteiger partial charge in [-0.3, -0.25) is 9.98 Å². The molecular weight excluding hydrogens is 372 g/mol. The van der Waals surface area contributed by atoms with Crippen molar-refractivity contribution in [3.8, 4) is 5.75 Å². The van der Waals surface area contributed by atoms with Crippen LogP contribution in [0.25, 0.3) is 10.9 Å². The van der Waals surface area contributed by atoms with Crippen LogP contribution in [0.4, 0.5) is 5.69 Å². The zero-order valence-electron chi connectivity index (χ0n) is 15.7. The number of phenols is 1. The van der Waals surface area contributed by atoms with Crippen LogP contribution in [0.15, 0.2) is 59.7 Å². The molecule has 28 heavy (non-hydrogen) atoms. The van der Waals surface area contributed by atoms with E-state index in [2.05, 4.69) is 20.6 Å². The van der Waals surface area contributed by atoms with Gasteiger partial charge in [-0.2, -0.15) is 0 Å². The van der Waals surface area contributed by atoms with Crippen molar-refractivity contribution >= 4 is 34.4 Å². The molecule has 0 spiro atoms. The number of fused-ring (bicyclic) bond motifs is 1. The van der Waals surface area contributed by atoms with Crippen LogP contribution in [0, 0.1) is 0 Å². The number of nitrogens with one attached hydrogen (secondary N) is 2. The maximum absolute atomic E-state index is 9.67. The number of anilines is 1. The van der Waals surface area contributed by atoms with Gasteiger partial charge in [0, 0.05) is 47.2 Å². The molecule has 0 aliphatic heterocycles. The Morgan fingerprint density at radius 2 is 1.89 bits per heavy atom. The van der Waals surface area contributed by atoms with Crippen LogP contribution in [-0.4, -0.2) is 42.5 Å². The summed E-state index contributed by atoms with van der Waals surface area (Å²) < 4.78 is 0. The van der Waals surface area contributed by atoms with Gasteiger partial charge in [0.25, 0.3) is 0 Å². The minimum Gasteiger partial charge on any atom is -0.507 e. The number of benzene rings is 2. The molecule has 3 rings (SSSR count). The van der Waals surface area contributed by atoms with Crippen molar-refractivity contribution in [2.75, 3.05) is 31.5 Å². The van der Waals surface area contributed by atoms with Gasteiger partial charge in [0.1, 0.15) is 5.75 Å². The number of halogens is 1. The molecule has 0 unspecified atom stereocenters. The Kier molecular flexibility index (Phi) is 7.64. The Morgan fingerprint density at radius 3 is 2.79 bits per heavy atom. The fourth-order valence-electron chi connectivity index (χ4n) is 2.89. The van der Waals surface area contributed by atoms with E-state index in [1.54, 1.807) is 24.5 Å². The molecule has 6 heteroatoms. The van der Waals surface area contributed by atoms with Crippen molar-refractivity contribution in [1.82, 2.24) is 10.3 Å². The fourth-order valence-corrected chi connectivity index (χ4v) is 3.06. The first-order valence-corrected chi connectivity index (χ1v) is 9.88. The van der Waals surface area contributed by atoms with E-state index in [-0.39, 0.29) is 5.75 Å². The van der Waals surface area contributed by atoms with Crippen LogP contribution >= 0.6 is 11.6 Å². The molecule has 0 saturated heterocycles. The van der Waals surface area contributed by atoms with Crippen molar-refractivity contribution in [2.45, 2.75) is 12.8 Å². The normalized spacial score (nSPS) is 11.3. The van der Waals surface area contributed by atoms with E-state index in [0.29, 0.717) is 5.02 Å². The molecule has 2 aromatic carbocycles. The van der Waals surface area contributed by atoms with Crippen LogP contribution in [-0.2, 0) is 0 Å². The zero-order valence-corrected chi connectivity index (χ0v) is 16.5. The van der Waals surface area contributed by atoms with E-state index in [4.69, 9.17) is 11.6 Å². The van der Waals surface area contributed by atoms with E-state index in [1.165, 1.54) is 0 Å². The summed E-state index contributed by atoms with van der Waals surface area (Å²) >= 11 is 6.03. The number of rotatable bonds is 10. The van der Waals surface area contributed by atoms with Gasteiger partial charge in [-0.25, -0.2) is 0 Å². The van der Waals surface area contributed by atoms with E-state index >= 15 is 0 Å². The predicted octanol–water partition coefficient (Wildman–Crippen LogP) is 4.49. The smallest absolute Gasteiger partial charge is 0.124 e. The second kappa shape index (κ2) is 10.6. The maximum Gasteiger partial charge on any atom is 0.124 e. The first-order valence-electron chi connectivity index (χ1n) is 9.51. The average molecular weight is 397 g/mol. The SMILES string of the molecule is Oc1ccccc1C=NCCCNCCCNc1ccnc2cc(Cl)ccc12. The first-order chi connectivity index (χ1) is 13.7. The van der Waals surface area contributed by atoms with Crippen LogP contribution in [0.2, 0.25) is 5.02 Å². The number of nitrogens with zero attached hydrogens (tertiary/aromatic N) is 2. The van der Waals surface area contributed by atoms with Gasteiger partial charge in [0.2, 0.25) is 0 Å². The molecule has 146 valence electrons. The van der Waals surface area contributed by atoms with E-state index < -0.39 is 0 Å². The summed E-state index contributed by atoms with van der Waals surface area (Å²) in [6, 6.07) is 15.0. The van der Waals surface area contributed by atoms with E-state index in [9.17, 15) is 5.11 Å². The molecular formula is C22H25ClN4O. The van der Waals surface area contributed by atoms with Gasteiger partial charge in [-0.15, -0.1) is 0 Å². The summed E-state index contributed by atoms with van der Waals surface area (Å²) in [6.45, 7) is 3.51. The van der Waals surface area contributed by atoms with Crippen molar-refractivity contribution in [3.63, 3.8) is 0 Å². The summed E-state index contributed by atoms with van der Waals surface area (Å²) in [6.07, 6.45) is 5.52. The molecule has 0 saturated carbocycles. The summed E-state index contributed by atoms with van der Waals surface area (Å²) in [5.74, 6) is 0.266. The molecule has 0 fully saturated rings. The number of aliphatic imine (C=N–C) groups is 1. The lowest BCUT2D eigenvalue weighted by Crippen LogP contribution is -2.19. The van der Waals surface area contributed by atoms with Gasteiger partial charge < -0.3 is 15.7 Å². The highest BCUT2D eigenvalue weighted by Crippen LogP contribution is 2.24. The fraction of sp³-hybridized carbons (Fsp3) is 0.273. The third-order valence-corrected chi connectivity index (χ3v) is 4.59. The highest BCUT2D eigenvalue weighted by molar-refractivity contribution is 6.31. The van der Waals surface area contributed by atoms with Crippen molar-refractivity contribution in [2.24, 2.45) is 4.99 Å². The average Bonchev–Trinajstić information content (AvgIpc) is 2.70. The molecule has 0 atom stereocenters. The van der Waals surface area contributed by atoms with Crippen molar-refractivity contribution in [1.29, 1.82) is 0 Å². The number of phenolic OH excluding ortho intramolecular Hbond substituents is 1. The number of pyridine rings is 1. The molecule has 0 aliphatic rings. The van der Waals surface area contributed by atoms with E-state index in [0.717, 1.165) is 61.2 Å². The van der Waals surface area contributed by atoms with Gasteiger partial charge >= 0.3 is 0 Å². The van der Waals surface area contributed by atoms with Crippen molar-refractivity contribution < 1.29 is 5.11 Å².